The zero-order valence-corrected chi connectivity index (χ0v) is 19.1. The zero-order valence-electron chi connectivity index (χ0n) is 19.1. The quantitative estimate of drug-likeness (QED) is 0.509. The molecule has 2 bridgehead atoms. The van der Waals surface area contributed by atoms with Gasteiger partial charge >= 0.3 is 0 Å². The summed E-state index contributed by atoms with van der Waals surface area (Å²) < 4.78 is 5.48. The Morgan fingerprint density at radius 1 is 0.971 bits per heavy atom. The number of rotatable bonds is 7. The Morgan fingerprint density at radius 3 is 2.18 bits per heavy atom. The molecule has 0 spiro atoms. The first-order valence-electron chi connectivity index (χ1n) is 12.2. The fourth-order valence-corrected chi connectivity index (χ4v) is 6.45. The summed E-state index contributed by atoms with van der Waals surface area (Å²) in [5, 5.41) is 2.93. The molecule has 1 N–H and O–H groups in total. The number of nitrogens with one attached hydrogen (secondary N) is 1. The van der Waals surface area contributed by atoms with Gasteiger partial charge in [-0.2, -0.15) is 0 Å². The second-order valence-electron chi connectivity index (χ2n) is 9.85. The number of carbonyl (C=O) groups is 3. The van der Waals surface area contributed by atoms with E-state index in [0.717, 1.165) is 17.7 Å². The molecule has 2 aromatic carbocycles. The molecule has 3 amide bonds. The topological polar surface area (TPSA) is 75.7 Å². The third-order valence-corrected chi connectivity index (χ3v) is 8.02. The highest BCUT2D eigenvalue weighted by molar-refractivity contribution is 6.10. The lowest BCUT2D eigenvalue weighted by Crippen LogP contribution is -2.49. The SMILES string of the molecule is CCOc1ccc(NC(=O)[C@H](Cc2ccccc2)N2C(=O)[C@@H]3[C@H]4C=C[C@@H]([C@@H]5C[C@@H]45)[C@H]3C2=O)cc1. The lowest BCUT2D eigenvalue weighted by molar-refractivity contribution is -0.146. The molecule has 7 atom stereocenters. The molecule has 34 heavy (non-hydrogen) atoms. The predicted molar refractivity (Wildman–Crippen MR) is 127 cm³/mol. The van der Waals surface area contributed by atoms with Crippen LogP contribution >= 0.6 is 0 Å². The van der Waals surface area contributed by atoms with E-state index in [4.69, 9.17) is 4.74 Å². The average molecular weight is 457 g/mol. The van der Waals surface area contributed by atoms with Crippen molar-refractivity contribution in [3.63, 3.8) is 0 Å². The molecule has 4 aliphatic carbocycles. The molecule has 0 aromatic heterocycles. The molecule has 1 aliphatic heterocycles. The van der Waals surface area contributed by atoms with Crippen LogP contribution in [0.25, 0.3) is 0 Å². The van der Waals surface area contributed by atoms with Gasteiger partial charge in [-0.1, -0.05) is 42.5 Å². The van der Waals surface area contributed by atoms with Crippen LogP contribution in [0.3, 0.4) is 0 Å². The molecule has 174 valence electrons. The number of ether oxygens (including phenoxy) is 1. The van der Waals surface area contributed by atoms with Crippen molar-refractivity contribution in [2.45, 2.75) is 25.8 Å². The van der Waals surface area contributed by atoms with Gasteiger partial charge in [-0.25, -0.2) is 0 Å². The van der Waals surface area contributed by atoms with Crippen LogP contribution < -0.4 is 10.1 Å². The van der Waals surface area contributed by atoms with Crippen molar-refractivity contribution in [3.05, 3.63) is 72.3 Å². The molecule has 0 unspecified atom stereocenters. The van der Waals surface area contributed by atoms with Gasteiger partial charge in [-0.15, -0.1) is 0 Å². The van der Waals surface area contributed by atoms with Crippen molar-refractivity contribution in [1.82, 2.24) is 4.90 Å². The monoisotopic (exact) mass is 456 g/mol. The van der Waals surface area contributed by atoms with E-state index in [1.807, 2.05) is 37.3 Å². The average Bonchev–Trinajstić information content (AvgIpc) is 3.63. The molecule has 6 nitrogen and oxygen atoms in total. The number of benzene rings is 2. The van der Waals surface area contributed by atoms with Crippen LogP contribution in [0.1, 0.15) is 18.9 Å². The Labute approximate surface area is 199 Å². The summed E-state index contributed by atoms with van der Waals surface area (Å²) in [6, 6.07) is 15.8. The summed E-state index contributed by atoms with van der Waals surface area (Å²) in [4.78, 5) is 42.2. The highest BCUT2D eigenvalue weighted by Gasteiger charge is 2.67. The summed E-state index contributed by atoms with van der Waals surface area (Å²) in [5.41, 5.74) is 1.51. The molecule has 2 aromatic rings. The van der Waals surface area contributed by atoms with E-state index in [-0.39, 0.29) is 47.8 Å². The zero-order chi connectivity index (χ0) is 23.4. The number of carbonyl (C=O) groups excluding carboxylic acids is 3. The van der Waals surface area contributed by atoms with Gasteiger partial charge in [0.1, 0.15) is 11.8 Å². The largest absolute Gasteiger partial charge is 0.494 e. The number of imide groups is 1. The van der Waals surface area contributed by atoms with Gasteiger partial charge < -0.3 is 10.1 Å². The molecule has 0 radical (unpaired) electrons. The molecule has 6 heteroatoms. The number of likely N-dealkylation sites (tertiary alicyclic amines) is 1. The summed E-state index contributed by atoms with van der Waals surface area (Å²) in [7, 11) is 0. The van der Waals surface area contributed by atoms with Crippen molar-refractivity contribution >= 4 is 23.4 Å². The second-order valence-corrected chi connectivity index (χ2v) is 9.85. The van der Waals surface area contributed by atoms with Crippen LogP contribution in [-0.4, -0.2) is 35.3 Å². The summed E-state index contributed by atoms with van der Waals surface area (Å²) >= 11 is 0. The highest BCUT2D eigenvalue weighted by atomic mass is 16.5. The Kier molecular flexibility index (Phi) is 5.05. The third-order valence-electron chi connectivity index (χ3n) is 8.02. The summed E-state index contributed by atoms with van der Waals surface area (Å²) in [6.07, 6.45) is 5.71. The highest BCUT2D eigenvalue weighted by Crippen LogP contribution is 2.65. The van der Waals surface area contributed by atoms with E-state index < -0.39 is 6.04 Å². The van der Waals surface area contributed by atoms with Crippen molar-refractivity contribution < 1.29 is 19.1 Å². The first-order valence-corrected chi connectivity index (χ1v) is 12.2. The van der Waals surface area contributed by atoms with E-state index in [0.29, 0.717) is 24.1 Å². The van der Waals surface area contributed by atoms with Crippen LogP contribution in [0, 0.1) is 35.5 Å². The molecular weight excluding hydrogens is 428 g/mol. The van der Waals surface area contributed by atoms with Crippen molar-refractivity contribution in [2.75, 3.05) is 11.9 Å². The molecule has 1 saturated heterocycles. The van der Waals surface area contributed by atoms with Gasteiger partial charge in [0.2, 0.25) is 17.7 Å². The molecule has 2 saturated carbocycles. The molecule has 7 rings (SSSR count). The van der Waals surface area contributed by atoms with Crippen LogP contribution in [-0.2, 0) is 20.8 Å². The Bertz CT molecular complexity index is 1120. The van der Waals surface area contributed by atoms with Crippen molar-refractivity contribution in [1.29, 1.82) is 0 Å². The van der Waals surface area contributed by atoms with Gasteiger partial charge in [0.15, 0.2) is 0 Å². The van der Waals surface area contributed by atoms with E-state index in [1.165, 1.54) is 4.90 Å². The standard InChI is InChI=1S/C28H28N2O4/c1-2-34-18-10-8-17(9-11-18)29-26(31)23(14-16-6-4-3-5-7-16)30-27(32)24-19-12-13-20(22-15-21(19)22)25(24)28(30)33/h3-13,19-25H,2,14-15H2,1H3,(H,29,31)/t19-,20-,21-,22-,23-,24+,25+/m0/s1. The number of hydrogen-bond donors (Lipinski definition) is 1. The van der Waals surface area contributed by atoms with E-state index in [9.17, 15) is 14.4 Å². The minimum absolute atomic E-state index is 0.132. The first-order chi connectivity index (χ1) is 16.6. The minimum Gasteiger partial charge on any atom is -0.494 e. The van der Waals surface area contributed by atoms with Crippen molar-refractivity contribution in [2.24, 2.45) is 35.5 Å². The van der Waals surface area contributed by atoms with Crippen LogP contribution in [0.2, 0.25) is 0 Å². The van der Waals surface area contributed by atoms with E-state index in [1.54, 1.807) is 24.3 Å². The van der Waals surface area contributed by atoms with Gasteiger partial charge in [0.25, 0.3) is 0 Å². The van der Waals surface area contributed by atoms with Crippen molar-refractivity contribution in [3.8, 4) is 5.75 Å². The number of allylic oxidation sites excluding steroid dienone is 2. The van der Waals surface area contributed by atoms with Crippen LogP contribution in [0.5, 0.6) is 5.75 Å². The first kappa shape index (κ1) is 21.1. The fraction of sp³-hybridized carbons (Fsp3) is 0.393. The smallest absolute Gasteiger partial charge is 0.248 e. The van der Waals surface area contributed by atoms with Crippen LogP contribution in [0.4, 0.5) is 5.69 Å². The maximum Gasteiger partial charge on any atom is 0.248 e. The number of amides is 3. The molecule has 3 fully saturated rings. The Morgan fingerprint density at radius 2 is 1.59 bits per heavy atom. The normalized spacial score (nSPS) is 31.1. The molecule has 5 aliphatic rings. The molecular formula is C28H28N2O4. The minimum atomic E-state index is -0.893. The molecule has 1 heterocycles. The number of hydrogen-bond acceptors (Lipinski definition) is 4. The summed E-state index contributed by atoms with van der Waals surface area (Å²) in [5.74, 6) is 0.698. The summed E-state index contributed by atoms with van der Waals surface area (Å²) in [6.45, 7) is 2.47. The van der Waals surface area contributed by atoms with E-state index >= 15 is 0 Å². The van der Waals surface area contributed by atoms with Gasteiger partial charge in [-0.05, 0) is 66.8 Å². The second kappa shape index (κ2) is 8.12. The predicted octanol–water partition coefficient (Wildman–Crippen LogP) is 3.69. The number of nitrogens with zero attached hydrogens (tertiary/aromatic N) is 1. The van der Waals surface area contributed by atoms with Crippen LogP contribution in [0.15, 0.2) is 66.7 Å². The van der Waals surface area contributed by atoms with Gasteiger partial charge in [0, 0.05) is 12.1 Å². The Balaban J connectivity index is 1.29. The number of anilines is 1. The van der Waals surface area contributed by atoms with E-state index in [2.05, 4.69) is 17.5 Å². The lowest BCUT2D eigenvalue weighted by Gasteiger charge is -2.37. The maximum atomic E-state index is 13.7. The fourth-order valence-electron chi connectivity index (χ4n) is 6.45. The maximum absolute atomic E-state index is 13.7. The third kappa shape index (κ3) is 3.35. The van der Waals surface area contributed by atoms with Gasteiger partial charge in [0.05, 0.1) is 18.4 Å². The lowest BCUT2D eigenvalue weighted by atomic mass is 9.63. The Hall–Kier alpha value is -3.41. The van der Waals surface area contributed by atoms with Gasteiger partial charge in [-0.3, -0.25) is 19.3 Å².